The minimum Gasteiger partial charge on any atom is -0.393 e. The summed E-state index contributed by atoms with van der Waals surface area (Å²) in [4.78, 5) is 7.21. The van der Waals surface area contributed by atoms with E-state index in [1.54, 1.807) is 11.3 Å². The Kier molecular flexibility index (Phi) is 5.37. The Labute approximate surface area is 120 Å². The van der Waals surface area contributed by atoms with Gasteiger partial charge in [-0.05, 0) is 52.6 Å². The second kappa shape index (κ2) is 6.82. The largest absolute Gasteiger partial charge is 0.393 e. The molecule has 1 unspecified atom stereocenters. The van der Waals surface area contributed by atoms with Crippen molar-refractivity contribution in [2.24, 2.45) is 5.92 Å². The average molecular weight is 282 g/mol. The van der Waals surface area contributed by atoms with Gasteiger partial charge in [-0.2, -0.15) is 0 Å². The number of hydrogen-bond donors (Lipinski definition) is 1. The van der Waals surface area contributed by atoms with Gasteiger partial charge in [0.1, 0.15) is 0 Å². The molecular weight excluding hydrogens is 256 g/mol. The maximum atomic E-state index is 9.38. The van der Waals surface area contributed by atoms with Gasteiger partial charge in [-0.15, -0.1) is 11.3 Å². The molecule has 19 heavy (non-hydrogen) atoms. The lowest BCUT2D eigenvalue weighted by molar-refractivity contribution is 0.149. The Bertz CT molecular complexity index is 381. The van der Waals surface area contributed by atoms with Crippen LogP contribution in [0.3, 0.4) is 0 Å². The van der Waals surface area contributed by atoms with Gasteiger partial charge >= 0.3 is 0 Å². The van der Waals surface area contributed by atoms with Crippen LogP contribution in [0.15, 0.2) is 5.38 Å². The molecule has 1 aliphatic heterocycles. The van der Waals surface area contributed by atoms with Crippen LogP contribution >= 0.6 is 11.3 Å². The first-order valence-electron chi connectivity index (χ1n) is 7.40. The molecule has 0 saturated carbocycles. The van der Waals surface area contributed by atoms with Crippen LogP contribution in [0.2, 0.25) is 0 Å². The Hall–Kier alpha value is -0.450. The standard InChI is InChI=1S/C15H26N2OS/c1-11(2)17-6-4-13(5-7-17)9-15-16-14(10-19-15)8-12(3)18/h10-13,18H,4-9H2,1-3H3. The highest BCUT2D eigenvalue weighted by Crippen LogP contribution is 2.24. The molecule has 0 radical (unpaired) electrons. The lowest BCUT2D eigenvalue weighted by atomic mass is 9.93. The summed E-state index contributed by atoms with van der Waals surface area (Å²) in [7, 11) is 0. The summed E-state index contributed by atoms with van der Waals surface area (Å²) in [5.74, 6) is 0.792. The fourth-order valence-electron chi connectivity index (χ4n) is 2.76. The number of aromatic nitrogens is 1. The highest BCUT2D eigenvalue weighted by Gasteiger charge is 2.21. The summed E-state index contributed by atoms with van der Waals surface area (Å²) in [5, 5.41) is 12.7. The van der Waals surface area contributed by atoms with Crippen molar-refractivity contribution < 1.29 is 5.11 Å². The van der Waals surface area contributed by atoms with E-state index in [0.29, 0.717) is 12.5 Å². The van der Waals surface area contributed by atoms with Crippen LogP contribution in [0.25, 0.3) is 0 Å². The van der Waals surface area contributed by atoms with Gasteiger partial charge in [-0.25, -0.2) is 4.98 Å². The molecule has 1 atom stereocenters. The van der Waals surface area contributed by atoms with Crippen molar-refractivity contribution in [1.29, 1.82) is 0 Å². The zero-order valence-electron chi connectivity index (χ0n) is 12.3. The second-order valence-corrected chi connectivity index (χ2v) is 7.01. The van der Waals surface area contributed by atoms with Crippen molar-refractivity contribution in [2.45, 2.75) is 58.6 Å². The topological polar surface area (TPSA) is 36.4 Å². The molecule has 3 nitrogen and oxygen atoms in total. The summed E-state index contributed by atoms with van der Waals surface area (Å²) in [6.07, 6.45) is 4.11. The summed E-state index contributed by atoms with van der Waals surface area (Å²) < 4.78 is 0. The van der Waals surface area contributed by atoms with Gasteiger partial charge in [0.2, 0.25) is 0 Å². The van der Waals surface area contributed by atoms with Gasteiger partial charge in [-0.1, -0.05) is 0 Å². The van der Waals surface area contributed by atoms with Crippen LogP contribution in [0.1, 0.15) is 44.3 Å². The molecule has 1 saturated heterocycles. The molecule has 1 aromatic heterocycles. The molecule has 2 heterocycles. The van der Waals surface area contributed by atoms with E-state index in [1.165, 1.54) is 30.9 Å². The molecule has 0 spiro atoms. The highest BCUT2D eigenvalue weighted by atomic mass is 32.1. The van der Waals surface area contributed by atoms with E-state index in [9.17, 15) is 5.11 Å². The number of nitrogens with zero attached hydrogens (tertiary/aromatic N) is 2. The molecule has 108 valence electrons. The summed E-state index contributed by atoms with van der Waals surface area (Å²) in [6, 6.07) is 0.679. The van der Waals surface area contributed by atoms with Crippen LogP contribution in [0.4, 0.5) is 0 Å². The SMILES string of the molecule is CC(O)Cc1csc(CC2CCN(C(C)C)CC2)n1. The van der Waals surface area contributed by atoms with Gasteiger partial charge in [0.05, 0.1) is 16.8 Å². The van der Waals surface area contributed by atoms with Crippen molar-refractivity contribution in [2.75, 3.05) is 13.1 Å². The molecule has 4 heteroatoms. The number of likely N-dealkylation sites (tertiary alicyclic amines) is 1. The van der Waals surface area contributed by atoms with E-state index in [0.717, 1.165) is 18.0 Å². The molecule has 1 aliphatic rings. The first-order valence-corrected chi connectivity index (χ1v) is 8.28. The molecule has 1 N–H and O–H groups in total. The highest BCUT2D eigenvalue weighted by molar-refractivity contribution is 7.09. The number of thiazole rings is 1. The Balaban J connectivity index is 1.80. The van der Waals surface area contributed by atoms with Crippen LogP contribution in [-0.4, -0.2) is 40.2 Å². The minimum atomic E-state index is -0.288. The first kappa shape index (κ1) is 14.9. The van der Waals surface area contributed by atoms with Gasteiger partial charge in [0, 0.05) is 24.3 Å². The number of aliphatic hydroxyl groups excluding tert-OH is 1. The molecule has 1 fully saturated rings. The lowest BCUT2D eigenvalue weighted by Crippen LogP contribution is -2.38. The second-order valence-electron chi connectivity index (χ2n) is 6.06. The summed E-state index contributed by atoms with van der Waals surface area (Å²) in [6.45, 7) is 8.84. The number of rotatable bonds is 5. The third kappa shape index (κ3) is 4.55. The Morgan fingerprint density at radius 1 is 1.37 bits per heavy atom. The Morgan fingerprint density at radius 2 is 2.05 bits per heavy atom. The fourth-order valence-corrected chi connectivity index (χ4v) is 3.68. The minimum absolute atomic E-state index is 0.288. The average Bonchev–Trinajstić information content (AvgIpc) is 2.76. The zero-order chi connectivity index (χ0) is 13.8. The van der Waals surface area contributed by atoms with Gasteiger partial charge in [0.25, 0.3) is 0 Å². The van der Waals surface area contributed by atoms with Crippen LogP contribution in [0.5, 0.6) is 0 Å². The van der Waals surface area contributed by atoms with Gasteiger partial charge in [0.15, 0.2) is 0 Å². The van der Waals surface area contributed by atoms with Crippen molar-refractivity contribution in [3.63, 3.8) is 0 Å². The van der Waals surface area contributed by atoms with Crippen molar-refractivity contribution in [3.8, 4) is 0 Å². The quantitative estimate of drug-likeness (QED) is 0.902. The van der Waals surface area contributed by atoms with E-state index in [2.05, 4.69) is 29.1 Å². The molecule has 0 aliphatic carbocycles. The van der Waals surface area contributed by atoms with E-state index in [4.69, 9.17) is 0 Å². The van der Waals surface area contributed by atoms with Crippen molar-refractivity contribution in [1.82, 2.24) is 9.88 Å². The predicted molar refractivity (Wildman–Crippen MR) is 80.6 cm³/mol. The Morgan fingerprint density at radius 3 is 2.63 bits per heavy atom. The monoisotopic (exact) mass is 282 g/mol. The molecule has 0 bridgehead atoms. The van der Waals surface area contributed by atoms with Gasteiger partial charge < -0.3 is 10.0 Å². The van der Waals surface area contributed by atoms with Gasteiger partial charge in [-0.3, -0.25) is 0 Å². The van der Waals surface area contributed by atoms with Crippen LogP contribution < -0.4 is 0 Å². The smallest absolute Gasteiger partial charge is 0.0931 e. The molecule has 0 amide bonds. The summed E-state index contributed by atoms with van der Waals surface area (Å²) in [5.41, 5.74) is 1.05. The molecule has 1 aromatic rings. The van der Waals surface area contributed by atoms with E-state index in [1.807, 2.05) is 6.92 Å². The number of hydrogen-bond acceptors (Lipinski definition) is 4. The van der Waals surface area contributed by atoms with Crippen molar-refractivity contribution >= 4 is 11.3 Å². The predicted octanol–water partition coefficient (Wildman–Crippen LogP) is 2.73. The van der Waals surface area contributed by atoms with E-state index < -0.39 is 0 Å². The summed E-state index contributed by atoms with van der Waals surface area (Å²) >= 11 is 1.76. The van der Waals surface area contributed by atoms with Crippen LogP contribution in [-0.2, 0) is 12.8 Å². The first-order chi connectivity index (χ1) is 9.04. The maximum Gasteiger partial charge on any atom is 0.0931 e. The third-order valence-electron chi connectivity index (χ3n) is 3.95. The van der Waals surface area contributed by atoms with E-state index in [-0.39, 0.29) is 6.10 Å². The molecule has 2 rings (SSSR count). The lowest BCUT2D eigenvalue weighted by Gasteiger charge is -2.34. The molecular formula is C15H26N2OS. The normalized spacial score (nSPS) is 20.1. The van der Waals surface area contributed by atoms with E-state index >= 15 is 0 Å². The van der Waals surface area contributed by atoms with Crippen LogP contribution in [0, 0.1) is 5.92 Å². The van der Waals surface area contributed by atoms with Crippen molar-refractivity contribution in [3.05, 3.63) is 16.1 Å². The third-order valence-corrected chi connectivity index (χ3v) is 4.87. The zero-order valence-corrected chi connectivity index (χ0v) is 13.1. The number of aliphatic hydroxyl groups is 1. The molecule has 0 aromatic carbocycles. The fraction of sp³-hybridized carbons (Fsp3) is 0.800. The number of piperidine rings is 1. The maximum absolute atomic E-state index is 9.38.